The van der Waals surface area contributed by atoms with Gasteiger partial charge in [0.05, 0.1) is 11.9 Å². The third kappa shape index (κ3) is 3.85. The van der Waals surface area contributed by atoms with Crippen LogP contribution in [-0.2, 0) is 11.3 Å². The zero-order valence-corrected chi connectivity index (χ0v) is 16.5. The number of thiophene rings is 1. The second-order valence-electron chi connectivity index (χ2n) is 6.33. The maximum absolute atomic E-state index is 12.7. The number of hydrogen-bond acceptors (Lipinski definition) is 5. The Morgan fingerprint density at radius 3 is 2.58 bits per heavy atom. The molecule has 136 valence electrons. The van der Waals surface area contributed by atoms with Crippen molar-refractivity contribution in [3.63, 3.8) is 0 Å². The lowest BCUT2D eigenvalue weighted by Gasteiger charge is -2.21. The van der Waals surface area contributed by atoms with Crippen LogP contribution in [0.1, 0.15) is 28.8 Å². The Kier molecular flexibility index (Phi) is 5.52. The van der Waals surface area contributed by atoms with E-state index in [1.54, 1.807) is 11.3 Å². The molecule has 0 aliphatic heterocycles. The zero-order chi connectivity index (χ0) is 18.7. The van der Waals surface area contributed by atoms with Gasteiger partial charge in [-0.15, -0.1) is 11.3 Å². The molecule has 1 amide bonds. The Morgan fingerprint density at radius 2 is 1.88 bits per heavy atom. The van der Waals surface area contributed by atoms with E-state index in [0.29, 0.717) is 18.9 Å². The van der Waals surface area contributed by atoms with Gasteiger partial charge in [0.1, 0.15) is 16.5 Å². The summed E-state index contributed by atoms with van der Waals surface area (Å²) in [5, 5.41) is 4.27. The van der Waals surface area contributed by atoms with Crippen LogP contribution in [0, 0.1) is 20.8 Å². The fourth-order valence-electron chi connectivity index (χ4n) is 2.94. The first kappa shape index (κ1) is 18.3. The van der Waals surface area contributed by atoms with Crippen molar-refractivity contribution in [3.05, 3.63) is 52.2 Å². The van der Waals surface area contributed by atoms with Crippen molar-refractivity contribution in [1.82, 2.24) is 14.9 Å². The van der Waals surface area contributed by atoms with Gasteiger partial charge < -0.3 is 10.2 Å². The van der Waals surface area contributed by atoms with E-state index >= 15 is 0 Å². The van der Waals surface area contributed by atoms with Gasteiger partial charge in [-0.3, -0.25) is 4.79 Å². The number of carbonyl (C=O) groups excluding carboxylic acids is 1. The van der Waals surface area contributed by atoms with Crippen molar-refractivity contribution >= 4 is 33.3 Å². The minimum atomic E-state index is 0.0605. The van der Waals surface area contributed by atoms with Gasteiger partial charge >= 0.3 is 0 Å². The fraction of sp³-hybridized carbons (Fsp3) is 0.350. The van der Waals surface area contributed by atoms with Crippen molar-refractivity contribution < 1.29 is 4.79 Å². The lowest BCUT2D eigenvalue weighted by Crippen LogP contribution is -2.35. The van der Waals surface area contributed by atoms with Crippen LogP contribution in [0.3, 0.4) is 0 Å². The number of hydrogen-bond donors (Lipinski definition) is 1. The van der Waals surface area contributed by atoms with Gasteiger partial charge in [-0.25, -0.2) is 9.97 Å². The van der Waals surface area contributed by atoms with Crippen LogP contribution in [0.15, 0.2) is 30.3 Å². The molecule has 0 bridgehead atoms. The molecule has 6 heteroatoms. The van der Waals surface area contributed by atoms with E-state index in [2.05, 4.69) is 29.1 Å². The normalized spacial score (nSPS) is 10.9. The third-order valence-electron chi connectivity index (χ3n) is 4.50. The molecule has 2 heterocycles. The summed E-state index contributed by atoms with van der Waals surface area (Å²) in [6.45, 7) is 9.56. The van der Waals surface area contributed by atoms with E-state index in [1.165, 1.54) is 10.4 Å². The second-order valence-corrected chi connectivity index (χ2v) is 7.53. The quantitative estimate of drug-likeness (QED) is 0.712. The van der Waals surface area contributed by atoms with Crippen molar-refractivity contribution in [1.29, 1.82) is 0 Å². The average Bonchev–Trinajstić information content (AvgIpc) is 2.92. The summed E-state index contributed by atoms with van der Waals surface area (Å²) in [5.74, 6) is 1.52. The molecule has 0 saturated carbocycles. The first-order valence-corrected chi connectivity index (χ1v) is 9.61. The molecule has 3 aromatic rings. The van der Waals surface area contributed by atoms with E-state index in [1.807, 2.05) is 49.1 Å². The maximum atomic E-state index is 12.7. The molecule has 0 radical (unpaired) electrons. The molecule has 0 unspecified atom stereocenters. The van der Waals surface area contributed by atoms with E-state index < -0.39 is 0 Å². The lowest BCUT2D eigenvalue weighted by atomic mass is 10.2. The highest BCUT2D eigenvalue weighted by molar-refractivity contribution is 7.18. The molecular formula is C20H24N4OS. The van der Waals surface area contributed by atoms with Crippen LogP contribution in [0.25, 0.3) is 10.2 Å². The Balaban J connectivity index is 1.75. The van der Waals surface area contributed by atoms with Crippen LogP contribution in [0.2, 0.25) is 0 Å². The van der Waals surface area contributed by atoms with Crippen molar-refractivity contribution in [2.45, 2.75) is 34.2 Å². The van der Waals surface area contributed by atoms with Crippen molar-refractivity contribution in [2.75, 3.05) is 18.4 Å². The highest BCUT2D eigenvalue weighted by Crippen LogP contribution is 2.33. The Morgan fingerprint density at radius 1 is 1.15 bits per heavy atom. The molecule has 0 spiro atoms. The Bertz CT molecular complexity index is 920. The molecule has 3 rings (SSSR count). The summed E-state index contributed by atoms with van der Waals surface area (Å²) in [7, 11) is 0. The maximum Gasteiger partial charge on any atom is 0.242 e. The fourth-order valence-corrected chi connectivity index (χ4v) is 4.01. The van der Waals surface area contributed by atoms with E-state index in [9.17, 15) is 4.79 Å². The van der Waals surface area contributed by atoms with Crippen molar-refractivity contribution in [3.8, 4) is 0 Å². The van der Waals surface area contributed by atoms with Gasteiger partial charge in [-0.1, -0.05) is 30.3 Å². The number of carbonyl (C=O) groups is 1. The van der Waals surface area contributed by atoms with E-state index in [0.717, 1.165) is 21.6 Å². The highest BCUT2D eigenvalue weighted by Gasteiger charge is 2.16. The number of benzene rings is 1. The molecule has 0 aliphatic carbocycles. The number of amides is 1. The van der Waals surface area contributed by atoms with Crippen LogP contribution >= 0.6 is 11.3 Å². The number of rotatable bonds is 6. The van der Waals surface area contributed by atoms with Gasteiger partial charge in [0.15, 0.2) is 0 Å². The number of nitrogens with one attached hydrogen (secondary N) is 1. The molecule has 0 fully saturated rings. The molecule has 0 aliphatic rings. The summed E-state index contributed by atoms with van der Waals surface area (Å²) < 4.78 is 0. The smallest absolute Gasteiger partial charge is 0.242 e. The minimum Gasteiger partial charge on any atom is -0.360 e. The number of aromatic nitrogens is 2. The number of anilines is 1. The van der Waals surface area contributed by atoms with Crippen LogP contribution in [-0.4, -0.2) is 33.9 Å². The molecule has 5 nitrogen and oxygen atoms in total. The summed E-state index contributed by atoms with van der Waals surface area (Å²) >= 11 is 1.67. The largest absolute Gasteiger partial charge is 0.360 e. The van der Waals surface area contributed by atoms with Gasteiger partial charge in [0, 0.05) is 18.0 Å². The van der Waals surface area contributed by atoms with Crippen LogP contribution in [0.5, 0.6) is 0 Å². The number of nitrogens with zero attached hydrogens (tertiary/aromatic N) is 3. The van der Waals surface area contributed by atoms with Gasteiger partial charge in [0.25, 0.3) is 0 Å². The summed E-state index contributed by atoms with van der Waals surface area (Å²) in [5.41, 5.74) is 2.31. The van der Waals surface area contributed by atoms with E-state index in [-0.39, 0.29) is 12.5 Å². The first-order valence-electron chi connectivity index (χ1n) is 8.79. The third-order valence-corrected chi connectivity index (χ3v) is 5.60. The standard InChI is InChI=1S/C20H24N4OS/c1-5-24(12-16-9-7-6-8-10-16)17(25)11-21-19-18-13(2)14(3)26-20(18)23-15(4)22-19/h6-10H,5,11-12H2,1-4H3,(H,21,22,23). The molecule has 2 aromatic heterocycles. The SMILES string of the molecule is CCN(Cc1ccccc1)C(=O)CNc1nc(C)nc2sc(C)c(C)c12. The van der Waals surface area contributed by atoms with E-state index in [4.69, 9.17) is 0 Å². The predicted octanol–water partition coefficient (Wildman–Crippen LogP) is 4.08. The molecule has 0 atom stereocenters. The minimum absolute atomic E-state index is 0.0605. The summed E-state index contributed by atoms with van der Waals surface area (Å²) in [6.07, 6.45) is 0. The molecule has 0 saturated heterocycles. The number of fused-ring (bicyclic) bond motifs is 1. The topological polar surface area (TPSA) is 58.1 Å². The molecular weight excluding hydrogens is 344 g/mol. The zero-order valence-electron chi connectivity index (χ0n) is 15.7. The van der Waals surface area contributed by atoms with Crippen LogP contribution < -0.4 is 5.32 Å². The average molecular weight is 369 g/mol. The Labute approximate surface area is 158 Å². The van der Waals surface area contributed by atoms with Crippen molar-refractivity contribution in [2.24, 2.45) is 0 Å². The second kappa shape index (κ2) is 7.83. The van der Waals surface area contributed by atoms with Gasteiger partial charge in [-0.2, -0.15) is 0 Å². The molecule has 1 aromatic carbocycles. The summed E-state index contributed by atoms with van der Waals surface area (Å²) in [4.78, 5) is 25.8. The van der Waals surface area contributed by atoms with Crippen LogP contribution in [0.4, 0.5) is 5.82 Å². The van der Waals surface area contributed by atoms with Gasteiger partial charge in [0.2, 0.25) is 5.91 Å². The highest BCUT2D eigenvalue weighted by atomic mass is 32.1. The Hall–Kier alpha value is -2.47. The number of aryl methyl sites for hydroxylation is 3. The molecule has 26 heavy (non-hydrogen) atoms. The number of likely N-dealkylation sites (N-methyl/N-ethyl adjacent to an activating group) is 1. The van der Waals surface area contributed by atoms with Gasteiger partial charge in [-0.05, 0) is 38.8 Å². The summed E-state index contributed by atoms with van der Waals surface area (Å²) in [6, 6.07) is 10.1. The predicted molar refractivity (Wildman–Crippen MR) is 108 cm³/mol. The monoisotopic (exact) mass is 368 g/mol. The first-order chi connectivity index (χ1) is 12.5. The lowest BCUT2D eigenvalue weighted by molar-refractivity contribution is -0.129. The molecule has 1 N–H and O–H groups in total.